The van der Waals surface area contributed by atoms with Crippen LogP contribution in [0.15, 0.2) is 42.9 Å². The Bertz CT molecular complexity index is 1590. The van der Waals surface area contributed by atoms with Crippen LogP contribution in [0.1, 0.15) is 51.3 Å². The van der Waals surface area contributed by atoms with Gasteiger partial charge in [-0.05, 0) is 57.6 Å². The van der Waals surface area contributed by atoms with Crippen molar-refractivity contribution in [2.75, 3.05) is 18.6 Å². The molecule has 2 aromatic rings. The van der Waals surface area contributed by atoms with Crippen molar-refractivity contribution in [1.82, 2.24) is 41.5 Å². The zero-order valence-corrected chi connectivity index (χ0v) is 31.6. The standard InChI is InChI=1S/C35H51N9O9S/c1-19(36)29(46)43-28(21(3)45)34(51)44-13-8-11-27(44)33(50)41-25(15-22-9-6-5-7-10-22)32(49)40-24(12-14-54-4)31(48)39-20(2)30(47)42-26(35(52)53)16-23-17-37-18-38-23/h5-7,9-10,17-21,24-28,45H,8,11-16,36H2,1-4H3,(H,37,38)(H,39,48)(H,40,49)(H,41,50)(H,42,47)(H,43,46)(H,52,53)/t19-,20-,21+,24-,25-,26-,27-,28-/m0/s1. The zero-order valence-electron chi connectivity index (χ0n) is 30.7. The van der Waals surface area contributed by atoms with Crippen molar-refractivity contribution < 1.29 is 43.8 Å². The fourth-order valence-electron chi connectivity index (χ4n) is 5.75. The van der Waals surface area contributed by atoms with Crippen molar-refractivity contribution in [3.8, 4) is 0 Å². The molecule has 2 heterocycles. The monoisotopic (exact) mass is 773 g/mol. The smallest absolute Gasteiger partial charge is 0.326 e. The summed E-state index contributed by atoms with van der Waals surface area (Å²) in [4.78, 5) is 99.7. The van der Waals surface area contributed by atoms with E-state index in [0.717, 1.165) is 0 Å². The van der Waals surface area contributed by atoms with Crippen LogP contribution in [-0.2, 0) is 46.4 Å². The molecule has 0 bridgehead atoms. The number of H-pyrrole nitrogens is 1. The fourth-order valence-corrected chi connectivity index (χ4v) is 6.22. The van der Waals surface area contributed by atoms with E-state index < -0.39 is 89.8 Å². The number of nitrogens with one attached hydrogen (secondary N) is 6. The molecule has 1 aromatic heterocycles. The van der Waals surface area contributed by atoms with Crippen molar-refractivity contribution in [2.24, 2.45) is 5.73 Å². The minimum Gasteiger partial charge on any atom is -0.480 e. The van der Waals surface area contributed by atoms with Gasteiger partial charge >= 0.3 is 5.97 Å². The number of amides is 6. The summed E-state index contributed by atoms with van der Waals surface area (Å²) in [5.41, 5.74) is 6.82. The molecule has 3 rings (SSSR count). The second-order valence-corrected chi connectivity index (χ2v) is 14.2. The van der Waals surface area contributed by atoms with E-state index in [1.807, 2.05) is 6.26 Å². The molecule has 8 atom stereocenters. The number of thioether (sulfide) groups is 1. The Kier molecular flexibility index (Phi) is 16.9. The zero-order chi connectivity index (χ0) is 39.9. The molecule has 10 N–H and O–H groups in total. The molecule has 1 aliphatic rings. The highest BCUT2D eigenvalue weighted by Crippen LogP contribution is 2.20. The van der Waals surface area contributed by atoms with E-state index in [1.54, 1.807) is 30.3 Å². The van der Waals surface area contributed by atoms with Crippen LogP contribution < -0.4 is 32.3 Å². The number of imidazole rings is 1. The summed E-state index contributed by atoms with van der Waals surface area (Å²) in [7, 11) is 0. The average Bonchev–Trinajstić information content (AvgIpc) is 3.84. The first kappa shape index (κ1) is 43.4. The molecule has 0 spiro atoms. The molecule has 0 aliphatic carbocycles. The number of carbonyl (C=O) groups is 7. The molecule has 1 aliphatic heterocycles. The summed E-state index contributed by atoms with van der Waals surface area (Å²) in [6.45, 7) is 4.31. The summed E-state index contributed by atoms with van der Waals surface area (Å²) in [5.74, 6) is -4.96. The summed E-state index contributed by atoms with van der Waals surface area (Å²) in [5, 5.41) is 32.8. The van der Waals surface area contributed by atoms with Crippen LogP contribution in [-0.4, -0.2) is 133 Å². The maximum absolute atomic E-state index is 13.9. The number of benzene rings is 1. The molecule has 54 heavy (non-hydrogen) atoms. The number of aliphatic hydroxyl groups excluding tert-OH is 1. The summed E-state index contributed by atoms with van der Waals surface area (Å²) in [6, 6.07) is 0.712. The summed E-state index contributed by atoms with van der Waals surface area (Å²) < 4.78 is 0. The fraction of sp³-hybridized carbons (Fsp3) is 0.543. The Labute approximate surface area is 317 Å². The lowest BCUT2D eigenvalue weighted by molar-refractivity contribution is -0.144. The minimum atomic E-state index is -1.35. The van der Waals surface area contributed by atoms with E-state index in [9.17, 15) is 43.8 Å². The van der Waals surface area contributed by atoms with Crippen molar-refractivity contribution >= 4 is 53.2 Å². The Hall–Kier alpha value is -5.01. The molecule has 1 fully saturated rings. The molecule has 1 aromatic carbocycles. The molecule has 0 saturated carbocycles. The van der Waals surface area contributed by atoms with Crippen LogP contribution >= 0.6 is 11.8 Å². The molecular formula is C35H51N9O9S. The number of aromatic nitrogens is 2. The maximum atomic E-state index is 13.9. The highest BCUT2D eigenvalue weighted by Gasteiger charge is 2.41. The quantitative estimate of drug-likeness (QED) is 0.0721. The number of nitrogens with zero attached hydrogens (tertiary/aromatic N) is 2. The first-order valence-corrected chi connectivity index (χ1v) is 19.0. The van der Waals surface area contributed by atoms with Crippen LogP contribution in [0.4, 0.5) is 0 Å². The Morgan fingerprint density at radius 1 is 0.907 bits per heavy atom. The molecule has 1 saturated heterocycles. The number of hydrogen-bond acceptors (Lipinski definition) is 11. The number of carbonyl (C=O) groups excluding carboxylic acids is 6. The van der Waals surface area contributed by atoms with Gasteiger partial charge in [0.2, 0.25) is 35.4 Å². The number of carboxylic acids is 1. The van der Waals surface area contributed by atoms with E-state index in [4.69, 9.17) is 5.73 Å². The van der Waals surface area contributed by atoms with Crippen LogP contribution in [0.25, 0.3) is 0 Å². The van der Waals surface area contributed by atoms with Crippen molar-refractivity contribution in [3.05, 3.63) is 54.1 Å². The molecule has 18 nitrogen and oxygen atoms in total. The van der Waals surface area contributed by atoms with Crippen LogP contribution in [0.5, 0.6) is 0 Å². The minimum absolute atomic E-state index is 0.0302. The summed E-state index contributed by atoms with van der Waals surface area (Å²) >= 11 is 1.42. The highest BCUT2D eigenvalue weighted by molar-refractivity contribution is 7.98. The van der Waals surface area contributed by atoms with E-state index in [1.165, 1.54) is 50.0 Å². The molecule has 0 unspecified atom stereocenters. The van der Waals surface area contributed by atoms with Gasteiger partial charge in [0.05, 0.1) is 18.5 Å². The lowest BCUT2D eigenvalue weighted by atomic mass is 10.0. The van der Waals surface area contributed by atoms with E-state index >= 15 is 0 Å². The normalized spacial score (nSPS) is 17.8. The van der Waals surface area contributed by atoms with Gasteiger partial charge < -0.3 is 52.4 Å². The second-order valence-electron chi connectivity index (χ2n) is 13.2. The van der Waals surface area contributed by atoms with Gasteiger partial charge in [-0.1, -0.05) is 30.3 Å². The van der Waals surface area contributed by atoms with Crippen LogP contribution in [0, 0.1) is 0 Å². The maximum Gasteiger partial charge on any atom is 0.326 e. The number of carboxylic acid groups (broad SMARTS) is 1. The number of nitrogens with two attached hydrogens (primary N) is 1. The third-order valence-corrected chi connectivity index (χ3v) is 9.45. The van der Waals surface area contributed by atoms with Gasteiger partial charge in [-0.3, -0.25) is 28.8 Å². The van der Waals surface area contributed by atoms with Crippen molar-refractivity contribution in [3.63, 3.8) is 0 Å². The van der Waals surface area contributed by atoms with Gasteiger partial charge in [0.15, 0.2) is 0 Å². The molecule has 296 valence electrons. The Balaban J connectivity index is 1.76. The summed E-state index contributed by atoms with van der Waals surface area (Å²) in [6.07, 6.45) is 4.17. The van der Waals surface area contributed by atoms with Gasteiger partial charge in [-0.25, -0.2) is 9.78 Å². The lowest BCUT2D eigenvalue weighted by Gasteiger charge is -2.31. The van der Waals surface area contributed by atoms with Gasteiger partial charge in [0.1, 0.15) is 36.3 Å². The predicted molar refractivity (Wildman–Crippen MR) is 198 cm³/mol. The van der Waals surface area contributed by atoms with E-state index in [0.29, 0.717) is 23.4 Å². The Morgan fingerprint density at radius 3 is 2.17 bits per heavy atom. The molecule has 6 amide bonds. The third kappa shape index (κ3) is 12.8. The van der Waals surface area contributed by atoms with Gasteiger partial charge in [-0.15, -0.1) is 0 Å². The number of rotatable bonds is 20. The number of likely N-dealkylation sites (tertiary alicyclic amines) is 1. The van der Waals surface area contributed by atoms with E-state index in [-0.39, 0.29) is 32.2 Å². The first-order valence-electron chi connectivity index (χ1n) is 17.6. The molecular weight excluding hydrogens is 723 g/mol. The second kappa shape index (κ2) is 21.0. The van der Waals surface area contributed by atoms with Crippen LogP contribution in [0.2, 0.25) is 0 Å². The van der Waals surface area contributed by atoms with Gasteiger partial charge in [0, 0.05) is 31.3 Å². The van der Waals surface area contributed by atoms with Crippen molar-refractivity contribution in [2.45, 2.75) is 101 Å². The number of aromatic amines is 1. The third-order valence-electron chi connectivity index (χ3n) is 8.80. The lowest BCUT2D eigenvalue weighted by Crippen LogP contribution is -2.60. The van der Waals surface area contributed by atoms with Crippen LogP contribution in [0.3, 0.4) is 0 Å². The first-order chi connectivity index (χ1) is 25.6. The predicted octanol–water partition coefficient (Wildman–Crippen LogP) is -1.80. The topological polar surface area (TPSA) is 278 Å². The largest absolute Gasteiger partial charge is 0.480 e. The number of aliphatic carboxylic acids is 1. The van der Waals surface area contributed by atoms with Gasteiger partial charge in [-0.2, -0.15) is 11.8 Å². The molecule has 19 heteroatoms. The number of hydrogen-bond donors (Lipinski definition) is 9. The average molecular weight is 774 g/mol. The highest BCUT2D eigenvalue weighted by atomic mass is 32.2. The van der Waals surface area contributed by atoms with Crippen molar-refractivity contribution in [1.29, 1.82) is 0 Å². The SMILES string of the molecule is CSCC[C@H](NC(=O)[C@H](Cc1ccccc1)NC(=O)[C@@H]1CCCN1C(=O)[C@@H](NC(=O)[C@H](C)N)[C@@H](C)O)C(=O)N[C@@H](C)C(=O)N[C@@H](Cc1cnc[nH]1)C(=O)O. The Morgan fingerprint density at radius 2 is 1.57 bits per heavy atom. The molecule has 0 radical (unpaired) electrons. The van der Waals surface area contributed by atoms with Gasteiger partial charge in [0.25, 0.3) is 0 Å². The number of aliphatic hydroxyl groups is 1. The van der Waals surface area contributed by atoms with E-state index in [2.05, 4.69) is 36.6 Å².